The fourth-order valence-corrected chi connectivity index (χ4v) is 0.818. The van der Waals surface area contributed by atoms with E-state index in [9.17, 15) is 0 Å². The van der Waals surface area contributed by atoms with Gasteiger partial charge in [-0.05, 0) is 26.3 Å². The van der Waals surface area contributed by atoms with E-state index in [0.29, 0.717) is 0 Å². The molecule has 12 heavy (non-hydrogen) atoms. The Labute approximate surface area is 76.0 Å². The molecule has 72 valence electrons. The molecule has 0 aromatic carbocycles. The summed E-state index contributed by atoms with van der Waals surface area (Å²) < 4.78 is 5.30. The maximum atomic E-state index is 5.30. The molecule has 1 N–H and O–H groups in total. The fraction of sp³-hybridized carbons (Fsp3) is 0.800. The van der Waals surface area contributed by atoms with Gasteiger partial charge in [0.25, 0.3) is 0 Å². The molecule has 0 aliphatic heterocycles. The van der Waals surface area contributed by atoms with Crippen LogP contribution in [0.2, 0.25) is 0 Å². The van der Waals surface area contributed by atoms with Crippen LogP contribution in [0.15, 0.2) is 12.2 Å². The van der Waals surface area contributed by atoms with Gasteiger partial charge in [0.2, 0.25) is 0 Å². The van der Waals surface area contributed by atoms with Gasteiger partial charge in [-0.15, -0.1) is 6.58 Å². The van der Waals surface area contributed by atoms with Crippen molar-refractivity contribution in [2.24, 2.45) is 0 Å². The molecule has 0 rings (SSSR count). The summed E-state index contributed by atoms with van der Waals surface area (Å²) in [6.07, 6.45) is 2.17. The van der Waals surface area contributed by atoms with Crippen molar-refractivity contribution in [3.05, 3.63) is 12.2 Å². The zero-order valence-electron chi connectivity index (χ0n) is 8.36. The lowest BCUT2D eigenvalue weighted by atomic mass is 10.2. The minimum absolute atomic E-state index is 0.823. The predicted molar refractivity (Wildman–Crippen MR) is 53.4 cm³/mol. The quantitative estimate of drug-likeness (QED) is 0.445. The fourth-order valence-electron chi connectivity index (χ4n) is 0.818. The van der Waals surface area contributed by atoms with Crippen molar-refractivity contribution in [3.8, 4) is 0 Å². The van der Waals surface area contributed by atoms with Crippen LogP contribution in [-0.4, -0.2) is 26.3 Å². The van der Waals surface area contributed by atoms with Crippen LogP contribution in [0.4, 0.5) is 0 Å². The van der Waals surface area contributed by atoms with Crippen molar-refractivity contribution in [1.82, 2.24) is 5.32 Å². The molecular weight excluding hydrogens is 150 g/mol. The van der Waals surface area contributed by atoms with Gasteiger partial charge < -0.3 is 10.1 Å². The topological polar surface area (TPSA) is 21.3 Å². The molecule has 0 spiro atoms. The Morgan fingerprint density at radius 1 is 1.33 bits per heavy atom. The van der Waals surface area contributed by atoms with Crippen molar-refractivity contribution in [1.29, 1.82) is 0 Å². The molecule has 0 saturated heterocycles. The zero-order chi connectivity index (χ0) is 9.23. The molecule has 0 unspecified atom stereocenters. The predicted octanol–water partition coefficient (Wildman–Crippen LogP) is 1.97. The molecule has 2 nitrogen and oxygen atoms in total. The average molecular weight is 171 g/mol. The molecule has 0 aromatic heterocycles. The number of nitrogens with one attached hydrogen (secondary N) is 1. The summed E-state index contributed by atoms with van der Waals surface area (Å²) >= 11 is 0. The Morgan fingerprint density at radius 3 is 2.67 bits per heavy atom. The second-order valence-corrected chi connectivity index (χ2v) is 3.07. The van der Waals surface area contributed by atoms with E-state index in [4.69, 9.17) is 4.74 Å². The van der Waals surface area contributed by atoms with E-state index in [-0.39, 0.29) is 0 Å². The summed E-state index contributed by atoms with van der Waals surface area (Å²) in [6.45, 7) is 11.7. The van der Waals surface area contributed by atoms with Crippen molar-refractivity contribution in [3.63, 3.8) is 0 Å². The highest BCUT2D eigenvalue weighted by atomic mass is 16.5. The second kappa shape index (κ2) is 8.75. The van der Waals surface area contributed by atoms with Crippen molar-refractivity contribution in [2.75, 3.05) is 26.3 Å². The molecule has 0 aromatic rings. The summed E-state index contributed by atoms with van der Waals surface area (Å²) in [7, 11) is 0. The molecule has 0 saturated carbocycles. The van der Waals surface area contributed by atoms with Crippen LogP contribution in [0.3, 0.4) is 0 Å². The molecule has 0 bridgehead atoms. The third-order valence-corrected chi connectivity index (χ3v) is 1.50. The molecule has 0 aliphatic carbocycles. The van der Waals surface area contributed by atoms with Crippen LogP contribution < -0.4 is 5.32 Å². The highest BCUT2D eigenvalue weighted by Crippen LogP contribution is 1.91. The highest BCUT2D eigenvalue weighted by molar-refractivity contribution is 4.87. The molecule has 0 fully saturated rings. The van der Waals surface area contributed by atoms with Crippen molar-refractivity contribution in [2.45, 2.75) is 26.7 Å². The monoisotopic (exact) mass is 171 g/mol. The summed E-state index contributed by atoms with van der Waals surface area (Å²) in [5.74, 6) is 0. The second-order valence-electron chi connectivity index (χ2n) is 3.07. The van der Waals surface area contributed by atoms with Crippen LogP contribution >= 0.6 is 0 Å². The van der Waals surface area contributed by atoms with E-state index in [2.05, 4.69) is 25.7 Å². The van der Waals surface area contributed by atoms with Gasteiger partial charge in [0.05, 0.1) is 6.61 Å². The van der Waals surface area contributed by atoms with E-state index in [1.54, 1.807) is 0 Å². The van der Waals surface area contributed by atoms with Crippen LogP contribution in [-0.2, 0) is 4.74 Å². The highest BCUT2D eigenvalue weighted by Gasteiger charge is 1.88. The Kier molecular flexibility index (Phi) is 8.51. The molecule has 0 amide bonds. The van der Waals surface area contributed by atoms with E-state index < -0.39 is 0 Å². The Balaban J connectivity index is 2.86. The number of ether oxygens (including phenoxy) is 1. The molecule has 0 heterocycles. The summed E-state index contributed by atoms with van der Waals surface area (Å²) in [5.41, 5.74) is 1.23. The van der Waals surface area contributed by atoms with E-state index >= 15 is 0 Å². The normalized spacial score (nSPS) is 10.2. The molecule has 0 atom stereocenters. The zero-order valence-corrected chi connectivity index (χ0v) is 8.36. The minimum atomic E-state index is 0.823. The first-order valence-corrected chi connectivity index (χ1v) is 4.70. The lowest BCUT2D eigenvalue weighted by Crippen LogP contribution is -2.21. The largest absolute Gasteiger partial charge is 0.380 e. The molecular formula is C10H21NO. The van der Waals surface area contributed by atoms with Crippen molar-refractivity contribution < 1.29 is 4.74 Å². The average Bonchev–Trinajstić information content (AvgIpc) is 2.02. The maximum absolute atomic E-state index is 5.30. The van der Waals surface area contributed by atoms with Crippen LogP contribution in [0, 0.1) is 0 Å². The lowest BCUT2D eigenvalue weighted by molar-refractivity contribution is 0.137. The lowest BCUT2D eigenvalue weighted by Gasteiger charge is -2.04. The van der Waals surface area contributed by atoms with Crippen LogP contribution in [0.25, 0.3) is 0 Å². The Morgan fingerprint density at radius 2 is 2.08 bits per heavy atom. The van der Waals surface area contributed by atoms with Gasteiger partial charge in [0, 0.05) is 13.2 Å². The first-order valence-electron chi connectivity index (χ1n) is 4.70. The third kappa shape index (κ3) is 9.66. The summed E-state index contributed by atoms with van der Waals surface area (Å²) in [5, 5.41) is 3.29. The van der Waals surface area contributed by atoms with Gasteiger partial charge in [0.1, 0.15) is 0 Å². The van der Waals surface area contributed by atoms with E-state index in [0.717, 1.165) is 39.1 Å². The van der Waals surface area contributed by atoms with Crippen LogP contribution in [0.5, 0.6) is 0 Å². The number of rotatable bonds is 8. The molecule has 0 aliphatic rings. The van der Waals surface area contributed by atoms with Gasteiger partial charge in [-0.25, -0.2) is 0 Å². The standard InChI is InChI=1S/C10H21NO/c1-4-8-12-9-7-11-6-5-10(2)3/h11H,2,4-9H2,1,3H3. The summed E-state index contributed by atoms with van der Waals surface area (Å²) in [6, 6.07) is 0. The number of hydrogen-bond donors (Lipinski definition) is 1. The third-order valence-electron chi connectivity index (χ3n) is 1.50. The Bertz CT molecular complexity index is 112. The van der Waals surface area contributed by atoms with Gasteiger partial charge in [-0.3, -0.25) is 0 Å². The first kappa shape index (κ1) is 11.7. The molecule has 2 heteroatoms. The Hall–Kier alpha value is -0.340. The van der Waals surface area contributed by atoms with Crippen molar-refractivity contribution >= 4 is 0 Å². The van der Waals surface area contributed by atoms with Gasteiger partial charge >= 0.3 is 0 Å². The first-order chi connectivity index (χ1) is 5.77. The minimum Gasteiger partial charge on any atom is -0.380 e. The SMILES string of the molecule is C=C(C)CCNCCOCCC. The van der Waals surface area contributed by atoms with Gasteiger partial charge in [0.15, 0.2) is 0 Å². The van der Waals surface area contributed by atoms with Gasteiger partial charge in [-0.2, -0.15) is 0 Å². The maximum Gasteiger partial charge on any atom is 0.0590 e. The van der Waals surface area contributed by atoms with E-state index in [1.165, 1.54) is 5.57 Å². The smallest absolute Gasteiger partial charge is 0.0590 e. The molecule has 0 radical (unpaired) electrons. The summed E-state index contributed by atoms with van der Waals surface area (Å²) in [4.78, 5) is 0. The number of hydrogen-bond acceptors (Lipinski definition) is 2. The van der Waals surface area contributed by atoms with Crippen LogP contribution in [0.1, 0.15) is 26.7 Å². The van der Waals surface area contributed by atoms with E-state index in [1.807, 2.05) is 0 Å². The van der Waals surface area contributed by atoms with Gasteiger partial charge in [-0.1, -0.05) is 12.5 Å².